The van der Waals surface area contributed by atoms with E-state index in [1.807, 2.05) is 12.2 Å². The normalized spacial score (nSPS) is 24.1. The lowest BCUT2D eigenvalue weighted by atomic mass is 10.0. The van der Waals surface area contributed by atoms with Crippen LogP contribution in [0.2, 0.25) is 0 Å². The molecule has 0 amide bonds. The zero-order valence-electron chi connectivity index (χ0n) is 7.77. The SMILES string of the molecule is Cc1nc2c(o1)/N=C\C=C/C[C@H]2C#N. The van der Waals surface area contributed by atoms with Crippen molar-refractivity contribution in [2.75, 3.05) is 0 Å². The maximum Gasteiger partial charge on any atom is 0.244 e. The number of allylic oxidation sites excluding steroid dienone is 2. The number of hydrogen-bond donors (Lipinski definition) is 0. The first-order valence-electron chi connectivity index (χ1n) is 4.37. The van der Waals surface area contributed by atoms with Crippen LogP contribution in [0.3, 0.4) is 0 Å². The van der Waals surface area contributed by atoms with Crippen LogP contribution in [0.5, 0.6) is 0 Å². The van der Waals surface area contributed by atoms with Gasteiger partial charge in [0.15, 0.2) is 5.89 Å². The Morgan fingerprint density at radius 1 is 1.64 bits per heavy atom. The van der Waals surface area contributed by atoms with Gasteiger partial charge in [-0.05, 0) is 12.5 Å². The van der Waals surface area contributed by atoms with Crippen molar-refractivity contribution in [2.24, 2.45) is 4.99 Å². The van der Waals surface area contributed by atoms with Crippen molar-refractivity contribution in [1.29, 1.82) is 5.26 Å². The van der Waals surface area contributed by atoms with Crippen molar-refractivity contribution >= 4 is 12.1 Å². The maximum atomic E-state index is 8.95. The summed E-state index contributed by atoms with van der Waals surface area (Å²) in [4.78, 5) is 8.24. The third-order valence-electron chi connectivity index (χ3n) is 2.01. The van der Waals surface area contributed by atoms with Gasteiger partial charge in [0.05, 0.1) is 12.0 Å². The topological polar surface area (TPSA) is 62.2 Å². The Bertz CT molecular complexity index is 437. The van der Waals surface area contributed by atoms with Crippen molar-refractivity contribution in [2.45, 2.75) is 19.3 Å². The van der Waals surface area contributed by atoms with Crippen molar-refractivity contribution in [1.82, 2.24) is 4.98 Å². The van der Waals surface area contributed by atoms with E-state index in [2.05, 4.69) is 16.0 Å². The predicted octanol–water partition coefficient (Wildman–Crippen LogP) is 2.25. The molecule has 0 unspecified atom stereocenters. The fourth-order valence-corrected chi connectivity index (χ4v) is 1.36. The van der Waals surface area contributed by atoms with Crippen LogP contribution in [0.1, 0.15) is 23.9 Å². The van der Waals surface area contributed by atoms with Crippen molar-refractivity contribution in [3.8, 4) is 6.07 Å². The highest BCUT2D eigenvalue weighted by molar-refractivity contribution is 5.74. The molecular weight excluding hydrogens is 178 g/mol. The van der Waals surface area contributed by atoms with E-state index in [9.17, 15) is 0 Å². The number of aromatic nitrogens is 1. The van der Waals surface area contributed by atoms with Crippen LogP contribution in [0, 0.1) is 18.3 Å². The summed E-state index contributed by atoms with van der Waals surface area (Å²) in [5.41, 5.74) is 0.644. The van der Waals surface area contributed by atoms with Gasteiger partial charge in [0.1, 0.15) is 5.69 Å². The second-order valence-electron chi connectivity index (χ2n) is 3.05. The molecule has 70 valence electrons. The minimum absolute atomic E-state index is 0.254. The number of aryl methyl sites for hydroxylation is 1. The summed E-state index contributed by atoms with van der Waals surface area (Å²) < 4.78 is 5.28. The molecule has 4 nitrogen and oxygen atoms in total. The van der Waals surface area contributed by atoms with E-state index < -0.39 is 0 Å². The second-order valence-corrected chi connectivity index (χ2v) is 3.05. The zero-order chi connectivity index (χ0) is 9.97. The average molecular weight is 187 g/mol. The van der Waals surface area contributed by atoms with Crippen molar-refractivity contribution in [3.05, 3.63) is 23.7 Å². The van der Waals surface area contributed by atoms with Crippen LogP contribution < -0.4 is 0 Å². The Kier molecular flexibility index (Phi) is 2.15. The van der Waals surface area contributed by atoms with Gasteiger partial charge in [-0.15, -0.1) is 0 Å². The molecule has 1 aromatic heterocycles. The molecule has 0 bridgehead atoms. The molecule has 0 aliphatic carbocycles. The Balaban J connectivity index is 2.51. The molecule has 0 saturated carbocycles. The van der Waals surface area contributed by atoms with Gasteiger partial charge in [-0.2, -0.15) is 5.26 Å². The van der Waals surface area contributed by atoms with E-state index in [1.165, 1.54) is 0 Å². The van der Waals surface area contributed by atoms with Crippen molar-refractivity contribution in [3.63, 3.8) is 0 Å². The summed E-state index contributed by atoms with van der Waals surface area (Å²) in [6.45, 7) is 1.75. The predicted molar refractivity (Wildman–Crippen MR) is 51.5 cm³/mol. The molecule has 1 aliphatic rings. The molecule has 2 heterocycles. The summed E-state index contributed by atoms with van der Waals surface area (Å²) >= 11 is 0. The highest BCUT2D eigenvalue weighted by atomic mass is 16.4. The zero-order valence-corrected chi connectivity index (χ0v) is 7.77. The van der Waals surface area contributed by atoms with Gasteiger partial charge in [0.25, 0.3) is 0 Å². The van der Waals surface area contributed by atoms with Gasteiger partial charge >= 0.3 is 0 Å². The molecule has 4 heteroatoms. The third kappa shape index (κ3) is 1.44. The van der Waals surface area contributed by atoms with Crippen molar-refractivity contribution < 1.29 is 4.42 Å². The Hall–Kier alpha value is -1.89. The monoisotopic (exact) mass is 187 g/mol. The number of fused-ring (bicyclic) bond motifs is 1. The first kappa shape index (κ1) is 8.70. The molecule has 1 atom stereocenters. The largest absolute Gasteiger partial charge is 0.423 e. The summed E-state index contributed by atoms with van der Waals surface area (Å²) in [5.74, 6) is 0.754. The standard InChI is InChI=1S/C10H9N3O/c1-7-13-9-8(6-11)4-2-3-5-12-10(9)14-7/h2-3,5,8H,4H2,1H3/b3-2-,12-5-/t8-/m0/s1. The molecule has 0 radical (unpaired) electrons. The molecule has 14 heavy (non-hydrogen) atoms. The number of nitriles is 1. The minimum atomic E-state index is -0.254. The van der Waals surface area contributed by atoms with E-state index in [-0.39, 0.29) is 5.92 Å². The van der Waals surface area contributed by atoms with E-state index >= 15 is 0 Å². The Morgan fingerprint density at radius 2 is 2.50 bits per heavy atom. The van der Waals surface area contributed by atoms with Crippen LogP contribution in [0.15, 0.2) is 21.6 Å². The fourth-order valence-electron chi connectivity index (χ4n) is 1.36. The number of nitrogens with zero attached hydrogens (tertiary/aromatic N) is 3. The van der Waals surface area contributed by atoms with Gasteiger partial charge in [0.2, 0.25) is 5.88 Å². The third-order valence-corrected chi connectivity index (χ3v) is 2.01. The molecule has 1 aliphatic heterocycles. The number of rotatable bonds is 0. The molecule has 0 N–H and O–H groups in total. The lowest BCUT2D eigenvalue weighted by Gasteiger charge is -2.03. The second kappa shape index (κ2) is 3.46. The Morgan fingerprint density at radius 3 is 3.29 bits per heavy atom. The van der Waals surface area contributed by atoms with Gasteiger partial charge in [0, 0.05) is 13.1 Å². The average Bonchev–Trinajstić information content (AvgIpc) is 2.48. The van der Waals surface area contributed by atoms with Crippen LogP contribution in [0.4, 0.5) is 5.88 Å². The van der Waals surface area contributed by atoms with Gasteiger partial charge < -0.3 is 4.42 Å². The van der Waals surface area contributed by atoms with Crippen LogP contribution in [-0.2, 0) is 0 Å². The highest BCUT2D eigenvalue weighted by Gasteiger charge is 2.20. The summed E-state index contributed by atoms with van der Waals surface area (Å²) in [7, 11) is 0. The first-order chi connectivity index (χ1) is 6.81. The summed E-state index contributed by atoms with van der Waals surface area (Å²) in [6, 6.07) is 2.19. The Labute approximate surface area is 81.6 Å². The molecule has 0 spiro atoms. The quantitative estimate of drug-likeness (QED) is 0.625. The summed E-state index contributed by atoms with van der Waals surface area (Å²) in [5, 5.41) is 8.95. The van der Waals surface area contributed by atoms with Gasteiger partial charge in [-0.1, -0.05) is 6.08 Å². The van der Waals surface area contributed by atoms with Crippen LogP contribution in [-0.4, -0.2) is 11.2 Å². The molecule has 0 fully saturated rings. The molecular formula is C10H9N3O. The van der Waals surface area contributed by atoms with E-state index in [0.717, 1.165) is 0 Å². The molecule has 1 aromatic rings. The maximum absolute atomic E-state index is 8.95. The molecule has 0 aromatic carbocycles. The molecule has 2 rings (SSSR count). The number of hydrogen-bond acceptors (Lipinski definition) is 4. The minimum Gasteiger partial charge on any atom is -0.423 e. The van der Waals surface area contributed by atoms with Crippen LogP contribution in [0.25, 0.3) is 0 Å². The van der Waals surface area contributed by atoms with Crippen LogP contribution >= 0.6 is 0 Å². The molecule has 0 saturated heterocycles. The lowest BCUT2D eigenvalue weighted by molar-refractivity contribution is 0.530. The summed E-state index contributed by atoms with van der Waals surface area (Å²) in [6.07, 6.45) is 6.02. The first-order valence-corrected chi connectivity index (χ1v) is 4.37. The number of oxazole rings is 1. The van der Waals surface area contributed by atoms with Gasteiger partial charge in [-0.25, -0.2) is 9.98 Å². The highest BCUT2D eigenvalue weighted by Crippen LogP contribution is 2.30. The van der Waals surface area contributed by atoms with E-state index in [0.29, 0.717) is 23.9 Å². The fraction of sp³-hybridized carbons (Fsp3) is 0.300. The lowest BCUT2D eigenvalue weighted by Crippen LogP contribution is -1.96. The number of aliphatic imine (C=N–C) groups is 1. The smallest absolute Gasteiger partial charge is 0.244 e. The van der Waals surface area contributed by atoms with E-state index in [4.69, 9.17) is 9.68 Å². The van der Waals surface area contributed by atoms with E-state index in [1.54, 1.807) is 13.1 Å². The van der Waals surface area contributed by atoms with Gasteiger partial charge in [-0.3, -0.25) is 0 Å².